The minimum Gasteiger partial charge on any atom is -0.421 e. The average Bonchev–Trinajstić information content (AvgIpc) is 3.12. The first-order valence-corrected chi connectivity index (χ1v) is 11.4. The van der Waals surface area contributed by atoms with Crippen molar-refractivity contribution in [1.82, 2.24) is 0 Å². The van der Waals surface area contributed by atoms with Crippen molar-refractivity contribution in [2.24, 2.45) is 4.99 Å². The Morgan fingerprint density at radius 2 is 1.65 bits per heavy atom. The third kappa shape index (κ3) is 5.04. The number of esters is 2. The van der Waals surface area contributed by atoms with Gasteiger partial charge in [-0.05, 0) is 100 Å². The van der Waals surface area contributed by atoms with Crippen LogP contribution in [0.2, 0.25) is 0 Å². The molecule has 0 saturated carbocycles. The second kappa shape index (κ2) is 9.31. The molecule has 1 heterocycles. The van der Waals surface area contributed by atoms with Crippen molar-refractivity contribution in [2.75, 3.05) is 0 Å². The second-order valence-corrected chi connectivity index (χ2v) is 9.10. The average molecular weight is 635 g/mol. The SMILES string of the molecule is Cc1ccc(C2=N/C(=C\c3cc(I)c(OC(=O)c4ccccc4)c(I)c3)C(=O)O2)cc1. The number of carbonyl (C=O) groups is 2. The predicted molar refractivity (Wildman–Crippen MR) is 135 cm³/mol. The van der Waals surface area contributed by atoms with Crippen LogP contribution in [0.15, 0.2) is 77.4 Å². The van der Waals surface area contributed by atoms with E-state index in [9.17, 15) is 9.59 Å². The largest absolute Gasteiger partial charge is 0.421 e. The number of halogens is 2. The van der Waals surface area contributed by atoms with E-state index in [0.717, 1.165) is 23.8 Å². The Hall–Kier alpha value is -2.53. The minimum absolute atomic E-state index is 0.219. The Kier molecular flexibility index (Phi) is 6.51. The first-order chi connectivity index (χ1) is 14.9. The number of aliphatic imine (C=N–C) groups is 1. The van der Waals surface area contributed by atoms with E-state index in [1.54, 1.807) is 30.3 Å². The summed E-state index contributed by atoms with van der Waals surface area (Å²) in [6.45, 7) is 1.99. The zero-order valence-electron chi connectivity index (χ0n) is 16.3. The summed E-state index contributed by atoms with van der Waals surface area (Å²) < 4.78 is 12.4. The molecule has 0 aliphatic carbocycles. The number of aryl methyl sites for hydroxylation is 1. The van der Waals surface area contributed by atoms with Gasteiger partial charge in [0.25, 0.3) is 0 Å². The maximum Gasteiger partial charge on any atom is 0.363 e. The van der Waals surface area contributed by atoms with Crippen LogP contribution < -0.4 is 4.74 Å². The number of hydrogen-bond acceptors (Lipinski definition) is 5. The highest BCUT2D eigenvalue weighted by Gasteiger charge is 2.24. The molecule has 3 aromatic carbocycles. The van der Waals surface area contributed by atoms with E-state index in [1.165, 1.54) is 0 Å². The van der Waals surface area contributed by atoms with E-state index >= 15 is 0 Å². The van der Waals surface area contributed by atoms with Gasteiger partial charge in [0.1, 0.15) is 0 Å². The summed E-state index contributed by atoms with van der Waals surface area (Å²) in [6, 6.07) is 20.1. The van der Waals surface area contributed by atoms with Gasteiger partial charge < -0.3 is 9.47 Å². The lowest BCUT2D eigenvalue weighted by atomic mass is 10.1. The molecule has 0 fully saturated rings. The summed E-state index contributed by atoms with van der Waals surface area (Å²) in [6.07, 6.45) is 1.66. The Balaban J connectivity index is 1.59. The number of ether oxygens (including phenoxy) is 2. The molecule has 0 bridgehead atoms. The zero-order chi connectivity index (χ0) is 22.0. The fourth-order valence-corrected chi connectivity index (χ4v) is 4.91. The molecular weight excluding hydrogens is 620 g/mol. The smallest absolute Gasteiger partial charge is 0.363 e. The van der Waals surface area contributed by atoms with E-state index in [2.05, 4.69) is 50.2 Å². The number of nitrogens with zero attached hydrogens (tertiary/aromatic N) is 1. The standard InChI is InChI=1S/C24H15I2NO4/c1-14-7-9-16(10-8-14)22-27-20(24(29)31-22)13-15-11-18(25)21(19(26)12-15)30-23(28)17-5-3-2-4-6-17/h2-13H,1H3/b20-13-. The van der Waals surface area contributed by atoms with Crippen molar-refractivity contribution >= 4 is 69.1 Å². The predicted octanol–water partition coefficient (Wildman–Crippen LogP) is 5.77. The summed E-state index contributed by atoms with van der Waals surface area (Å²) >= 11 is 4.22. The quantitative estimate of drug-likeness (QED) is 0.158. The molecule has 0 aromatic heterocycles. The van der Waals surface area contributed by atoms with Gasteiger partial charge in [0, 0.05) is 5.56 Å². The van der Waals surface area contributed by atoms with Gasteiger partial charge in [-0.1, -0.05) is 35.9 Å². The van der Waals surface area contributed by atoms with Gasteiger partial charge >= 0.3 is 11.9 Å². The van der Waals surface area contributed by atoms with Gasteiger partial charge in [0.2, 0.25) is 5.90 Å². The molecule has 5 nitrogen and oxygen atoms in total. The molecule has 0 N–H and O–H groups in total. The summed E-state index contributed by atoms with van der Waals surface area (Å²) in [5, 5.41) is 0. The first kappa shape index (κ1) is 21.7. The van der Waals surface area contributed by atoms with Crippen LogP contribution >= 0.6 is 45.2 Å². The molecule has 0 spiro atoms. The van der Waals surface area contributed by atoms with Gasteiger partial charge in [-0.25, -0.2) is 14.6 Å². The van der Waals surface area contributed by atoms with Gasteiger partial charge in [-0.2, -0.15) is 0 Å². The first-order valence-electron chi connectivity index (χ1n) is 9.26. The normalized spacial score (nSPS) is 14.4. The summed E-state index contributed by atoms with van der Waals surface area (Å²) in [5.74, 6) is -0.154. The van der Waals surface area contributed by atoms with E-state index in [1.807, 2.05) is 49.4 Å². The van der Waals surface area contributed by atoms with Gasteiger partial charge in [0.15, 0.2) is 11.4 Å². The maximum atomic E-state index is 12.4. The Morgan fingerprint density at radius 3 is 2.29 bits per heavy atom. The van der Waals surface area contributed by atoms with E-state index in [4.69, 9.17) is 9.47 Å². The van der Waals surface area contributed by atoms with Gasteiger partial charge in [-0.15, -0.1) is 0 Å². The molecule has 0 radical (unpaired) electrons. The van der Waals surface area contributed by atoms with Crippen LogP contribution in [0.4, 0.5) is 0 Å². The highest BCUT2D eigenvalue weighted by molar-refractivity contribution is 14.1. The fourth-order valence-electron chi connectivity index (χ4n) is 2.87. The lowest BCUT2D eigenvalue weighted by Gasteiger charge is -2.10. The van der Waals surface area contributed by atoms with Gasteiger partial charge in [0.05, 0.1) is 12.7 Å². The van der Waals surface area contributed by atoms with Crippen molar-refractivity contribution in [2.45, 2.75) is 6.92 Å². The maximum absolute atomic E-state index is 12.4. The van der Waals surface area contributed by atoms with Crippen LogP contribution in [0.1, 0.15) is 27.0 Å². The minimum atomic E-state index is -0.500. The third-order valence-corrected chi connectivity index (χ3v) is 6.05. The van der Waals surface area contributed by atoms with Crippen LogP contribution in [-0.2, 0) is 9.53 Å². The molecule has 154 valence electrons. The van der Waals surface area contributed by atoms with E-state index < -0.39 is 11.9 Å². The van der Waals surface area contributed by atoms with Crippen molar-refractivity contribution < 1.29 is 19.1 Å². The van der Waals surface area contributed by atoms with Crippen LogP contribution in [0, 0.1) is 14.1 Å². The van der Waals surface area contributed by atoms with Crippen LogP contribution in [0.3, 0.4) is 0 Å². The molecule has 3 aromatic rings. The molecule has 4 rings (SSSR count). The molecule has 0 atom stereocenters. The van der Waals surface area contributed by atoms with Crippen molar-refractivity contribution in [3.8, 4) is 5.75 Å². The zero-order valence-corrected chi connectivity index (χ0v) is 20.6. The second-order valence-electron chi connectivity index (χ2n) is 6.77. The summed E-state index contributed by atoms with van der Waals surface area (Å²) in [5.41, 5.74) is 3.31. The Labute approximate surface area is 206 Å². The number of cyclic esters (lactones) is 1. The Bertz CT molecular complexity index is 1210. The summed E-state index contributed by atoms with van der Waals surface area (Å²) in [7, 11) is 0. The van der Waals surface area contributed by atoms with Gasteiger partial charge in [-0.3, -0.25) is 0 Å². The third-order valence-electron chi connectivity index (χ3n) is 4.45. The van der Waals surface area contributed by atoms with Crippen LogP contribution in [-0.4, -0.2) is 17.8 Å². The highest BCUT2D eigenvalue weighted by atomic mass is 127. The molecule has 0 saturated heterocycles. The number of benzene rings is 3. The molecule has 7 heteroatoms. The van der Waals surface area contributed by atoms with E-state index in [0.29, 0.717) is 11.3 Å². The van der Waals surface area contributed by atoms with Crippen molar-refractivity contribution in [1.29, 1.82) is 0 Å². The Morgan fingerprint density at radius 1 is 1.00 bits per heavy atom. The molecule has 0 unspecified atom stereocenters. The molecule has 0 amide bonds. The van der Waals surface area contributed by atoms with Crippen molar-refractivity contribution in [3.63, 3.8) is 0 Å². The van der Waals surface area contributed by atoms with Crippen LogP contribution in [0.5, 0.6) is 5.75 Å². The number of carbonyl (C=O) groups excluding carboxylic acids is 2. The monoisotopic (exact) mass is 635 g/mol. The number of rotatable bonds is 4. The lowest BCUT2D eigenvalue weighted by molar-refractivity contribution is -0.129. The molecular formula is C24H15I2NO4. The fraction of sp³-hybridized carbons (Fsp3) is 0.0417. The van der Waals surface area contributed by atoms with Crippen molar-refractivity contribution in [3.05, 3.63) is 102 Å². The molecule has 1 aliphatic heterocycles. The topological polar surface area (TPSA) is 65.0 Å². The highest BCUT2D eigenvalue weighted by Crippen LogP contribution is 2.31. The molecule has 31 heavy (non-hydrogen) atoms. The number of hydrogen-bond donors (Lipinski definition) is 0. The lowest BCUT2D eigenvalue weighted by Crippen LogP contribution is -2.10. The van der Waals surface area contributed by atoms with E-state index in [-0.39, 0.29) is 11.6 Å². The summed E-state index contributed by atoms with van der Waals surface area (Å²) in [4.78, 5) is 29.0. The van der Waals surface area contributed by atoms with Crippen LogP contribution in [0.25, 0.3) is 6.08 Å². The molecule has 1 aliphatic rings.